The topological polar surface area (TPSA) is 72.9 Å². The summed E-state index contributed by atoms with van der Waals surface area (Å²) in [5.74, 6) is -0.456. The molecule has 14 heavy (non-hydrogen) atoms. The summed E-state index contributed by atoms with van der Waals surface area (Å²) in [5.41, 5.74) is 0. The standard InChI is InChI=1S/C7H13NO5S/c1-12-7(9)5-13-6-3-8(4-6)14(2,10)11/h6H,3-5H2,1-2H3. The van der Waals surface area contributed by atoms with Crippen LogP contribution < -0.4 is 0 Å². The largest absolute Gasteiger partial charge is 0.467 e. The molecule has 0 aromatic heterocycles. The van der Waals surface area contributed by atoms with E-state index in [4.69, 9.17) is 4.74 Å². The Labute approximate surface area is 82.8 Å². The molecule has 0 amide bonds. The lowest BCUT2D eigenvalue weighted by atomic mass is 10.2. The minimum absolute atomic E-state index is 0.126. The number of methoxy groups -OCH3 is 1. The third kappa shape index (κ3) is 2.93. The van der Waals surface area contributed by atoms with Gasteiger partial charge in [-0.15, -0.1) is 0 Å². The molecule has 0 aromatic rings. The Morgan fingerprint density at radius 3 is 2.50 bits per heavy atom. The highest BCUT2D eigenvalue weighted by atomic mass is 32.2. The van der Waals surface area contributed by atoms with Crippen molar-refractivity contribution >= 4 is 16.0 Å². The van der Waals surface area contributed by atoms with E-state index in [0.717, 1.165) is 6.26 Å². The summed E-state index contributed by atoms with van der Waals surface area (Å²) in [6.07, 6.45) is 0.951. The Morgan fingerprint density at radius 1 is 1.50 bits per heavy atom. The molecule has 0 aliphatic carbocycles. The summed E-state index contributed by atoms with van der Waals surface area (Å²) in [4.78, 5) is 10.7. The fraction of sp³-hybridized carbons (Fsp3) is 0.857. The molecule has 0 bridgehead atoms. The minimum Gasteiger partial charge on any atom is -0.467 e. The molecule has 7 heteroatoms. The van der Waals surface area contributed by atoms with Crippen LogP contribution in [0.5, 0.6) is 0 Å². The van der Waals surface area contributed by atoms with Gasteiger partial charge in [0.05, 0.1) is 19.5 Å². The maximum atomic E-state index is 10.9. The van der Waals surface area contributed by atoms with Crippen molar-refractivity contribution in [2.45, 2.75) is 6.10 Å². The van der Waals surface area contributed by atoms with Crippen molar-refractivity contribution in [2.24, 2.45) is 0 Å². The van der Waals surface area contributed by atoms with Gasteiger partial charge < -0.3 is 9.47 Å². The summed E-state index contributed by atoms with van der Waals surface area (Å²) in [5, 5.41) is 0. The summed E-state index contributed by atoms with van der Waals surface area (Å²) in [6.45, 7) is 0.504. The van der Waals surface area contributed by atoms with Crippen molar-refractivity contribution in [1.29, 1.82) is 0 Å². The van der Waals surface area contributed by atoms with Gasteiger partial charge in [-0.25, -0.2) is 13.2 Å². The summed E-state index contributed by atoms with van der Waals surface area (Å²) in [7, 11) is -1.83. The van der Waals surface area contributed by atoms with Crippen LogP contribution in [0.15, 0.2) is 0 Å². The number of esters is 1. The van der Waals surface area contributed by atoms with E-state index in [1.54, 1.807) is 0 Å². The number of carbonyl (C=O) groups is 1. The number of nitrogens with zero attached hydrogens (tertiary/aromatic N) is 1. The Bertz CT molecular complexity index is 306. The zero-order valence-electron chi connectivity index (χ0n) is 8.10. The molecule has 1 aliphatic rings. The lowest BCUT2D eigenvalue weighted by Crippen LogP contribution is -2.54. The van der Waals surface area contributed by atoms with E-state index in [0.29, 0.717) is 13.1 Å². The van der Waals surface area contributed by atoms with Crippen LogP contribution in [0.25, 0.3) is 0 Å². The highest BCUT2D eigenvalue weighted by molar-refractivity contribution is 7.88. The quantitative estimate of drug-likeness (QED) is 0.561. The molecule has 0 spiro atoms. The first-order chi connectivity index (χ1) is 6.43. The molecule has 1 heterocycles. The van der Waals surface area contributed by atoms with Gasteiger partial charge in [-0.1, -0.05) is 0 Å². The van der Waals surface area contributed by atoms with E-state index in [1.807, 2.05) is 0 Å². The van der Waals surface area contributed by atoms with Crippen LogP contribution in [0.2, 0.25) is 0 Å². The predicted molar refractivity (Wildman–Crippen MR) is 48.2 cm³/mol. The lowest BCUT2D eigenvalue weighted by Gasteiger charge is -2.36. The van der Waals surface area contributed by atoms with E-state index in [2.05, 4.69) is 4.74 Å². The van der Waals surface area contributed by atoms with E-state index < -0.39 is 16.0 Å². The molecule has 0 saturated carbocycles. The second-order valence-electron chi connectivity index (χ2n) is 3.09. The number of ether oxygens (including phenoxy) is 2. The van der Waals surface area contributed by atoms with Gasteiger partial charge in [-0.2, -0.15) is 4.31 Å². The first kappa shape index (κ1) is 11.4. The minimum atomic E-state index is -3.11. The van der Waals surface area contributed by atoms with Crippen LogP contribution in [-0.4, -0.2) is 57.9 Å². The average Bonchev–Trinajstić information content (AvgIpc) is 1.98. The van der Waals surface area contributed by atoms with Crippen LogP contribution in [0.4, 0.5) is 0 Å². The third-order valence-electron chi connectivity index (χ3n) is 1.95. The van der Waals surface area contributed by atoms with Crippen molar-refractivity contribution in [1.82, 2.24) is 4.31 Å². The Hall–Kier alpha value is -0.660. The van der Waals surface area contributed by atoms with Gasteiger partial charge >= 0.3 is 5.97 Å². The molecule has 0 unspecified atom stereocenters. The van der Waals surface area contributed by atoms with Gasteiger partial charge in [-0.3, -0.25) is 0 Å². The fourth-order valence-corrected chi connectivity index (χ4v) is 1.90. The summed E-state index contributed by atoms with van der Waals surface area (Å²) >= 11 is 0. The monoisotopic (exact) mass is 223 g/mol. The molecule has 1 saturated heterocycles. The second-order valence-corrected chi connectivity index (χ2v) is 5.07. The number of hydrogen-bond donors (Lipinski definition) is 0. The number of rotatable bonds is 4. The zero-order chi connectivity index (χ0) is 10.8. The summed E-state index contributed by atoms with van der Waals surface area (Å²) < 4.78 is 32.6. The van der Waals surface area contributed by atoms with Gasteiger partial charge in [0.2, 0.25) is 10.0 Å². The van der Waals surface area contributed by atoms with Crippen LogP contribution in [0.1, 0.15) is 0 Å². The molecule has 0 aromatic carbocycles. The molecular weight excluding hydrogens is 210 g/mol. The SMILES string of the molecule is COC(=O)COC1CN(S(C)(=O)=O)C1. The zero-order valence-corrected chi connectivity index (χ0v) is 8.91. The maximum Gasteiger partial charge on any atom is 0.331 e. The molecule has 1 aliphatic heterocycles. The molecule has 82 valence electrons. The maximum absolute atomic E-state index is 10.9. The van der Waals surface area contributed by atoms with Crippen LogP contribution in [-0.2, 0) is 24.3 Å². The van der Waals surface area contributed by atoms with Crippen molar-refractivity contribution in [2.75, 3.05) is 33.1 Å². The van der Waals surface area contributed by atoms with Crippen LogP contribution in [0, 0.1) is 0 Å². The number of carbonyl (C=O) groups excluding carboxylic acids is 1. The first-order valence-electron chi connectivity index (χ1n) is 4.07. The van der Waals surface area contributed by atoms with E-state index in [-0.39, 0.29) is 12.7 Å². The Kier molecular flexibility index (Phi) is 3.46. The van der Waals surface area contributed by atoms with Crippen molar-refractivity contribution in [3.63, 3.8) is 0 Å². The molecular formula is C7H13NO5S. The van der Waals surface area contributed by atoms with E-state index in [9.17, 15) is 13.2 Å². The highest BCUT2D eigenvalue weighted by Crippen LogP contribution is 2.14. The fourth-order valence-electron chi connectivity index (χ4n) is 1.02. The molecule has 0 radical (unpaired) electrons. The van der Waals surface area contributed by atoms with Gasteiger partial charge in [-0.05, 0) is 0 Å². The van der Waals surface area contributed by atoms with Crippen molar-refractivity contribution in [3.8, 4) is 0 Å². The van der Waals surface area contributed by atoms with Gasteiger partial charge in [0.25, 0.3) is 0 Å². The Morgan fingerprint density at radius 2 is 2.07 bits per heavy atom. The molecule has 6 nitrogen and oxygen atoms in total. The third-order valence-corrected chi connectivity index (χ3v) is 3.18. The van der Waals surface area contributed by atoms with E-state index in [1.165, 1.54) is 11.4 Å². The lowest BCUT2D eigenvalue weighted by molar-refractivity contribution is -0.150. The molecule has 1 fully saturated rings. The smallest absolute Gasteiger partial charge is 0.331 e. The second kappa shape index (κ2) is 4.24. The van der Waals surface area contributed by atoms with Gasteiger partial charge in [0.1, 0.15) is 6.61 Å². The molecule has 0 N–H and O–H groups in total. The van der Waals surface area contributed by atoms with Crippen molar-refractivity contribution < 1.29 is 22.7 Å². The predicted octanol–water partition coefficient (Wildman–Crippen LogP) is -1.18. The van der Waals surface area contributed by atoms with Crippen molar-refractivity contribution in [3.05, 3.63) is 0 Å². The average molecular weight is 223 g/mol. The first-order valence-corrected chi connectivity index (χ1v) is 5.92. The summed E-state index contributed by atoms with van der Waals surface area (Å²) in [6, 6.07) is 0. The normalized spacial score (nSPS) is 19.0. The molecule has 1 rings (SSSR count). The van der Waals surface area contributed by atoms with Crippen LogP contribution in [0.3, 0.4) is 0 Å². The number of hydrogen-bond acceptors (Lipinski definition) is 5. The molecule has 0 atom stereocenters. The van der Waals surface area contributed by atoms with Gasteiger partial charge in [0, 0.05) is 13.1 Å². The van der Waals surface area contributed by atoms with E-state index >= 15 is 0 Å². The van der Waals surface area contributed by atoms with Gasteiger partial charge in [0.15, 0.2) is 0 Å². The highest BCUT2D eigenvalue weighted by Gasteiger charge is 2.34. The Balaban J connectivity index is 2.20. The number of sulfonamides is 1. The van der Waals surface area contributed by atoms with Crippen LogP contribution >= 0.6 is 0 Å².